The highest BCUT2D eigenvalue weighted by atomic mass is 16.5. The van der Waals surface area contributed by atoms with Crippen LogP contribution in [0.3, 0.4) is 0 Å². The zero-order valence-corrected chi connectivity index (χ0v) is 15.3. The highest BCUT2D eigenvalue weighted by Gasteiger charge is 2.08. The predicted molar refractivity (Wildman–Crippen MR) is 105 cm³/mol. The van der Waals surface area contributed by atoms with E-state index in [-0.39, 0.29) is 11.7 Å². The third kappa shape index (κ3) is 6.17. The van der Waals surface area contributed by atoms with Crippen molar-refractivity contribution in [1.29, 1.82) is 0 Å². The lowest BCUT2D eigenvalue weighted by Crippen LogP contribution is -2.22. The lowest BCUT2D eigenvalue weighted by molar-refractivity contribution is -0.139. The normalized spacial score (nSPS) is 10.5. The van der Waals surface area contributed by atoms with Gasteiger partial charge in [-0.1, -0.05) is 30.3 Å². The molecule has 2 rings (SSSR count). The first-order chi connectivity index (χ1) is 13.4. The summed E-state index contributed by atoms with van der Waals surface area (Å²) >= 11 is 0. The first-order valence-corrected chi connectivity index (χ1v) is 8.28. The van der Waals surface area contributed by atoms with Crippen molar-refractivity contribution in [1.82, 2.24) is 0 Å². The van der Waals surface area contributed by atoms with Crippen molar-refractivity contribution < 1.29 is 24.2 Å². The Labute approximate surface area is 162 Å². The summed E-state index contributed by atoms with van der Waals surface area (Å²) in [6, 6.07) is 11.9. The van der Waals surface area contributed by atoms with Crippen LogP contribution >= 0.6 is 0 Å². The van der Waals surface area contributed by atoms with Gasteiger partial charge in [-0.3, -0.25) is 4.79 Å². The summed E-state index contributed by atoms with van der Waals surface area (Å²) in [6.45, 7) is -0.178. The Morgan fingerprint density at radius 2 is 1.93 bits per heavy atom. The van der Waals surface area contributed by atoms with Gasteiger partial charge < -0.3 is 26.0 Å². The number of guanidine groups is 1. The molecular formula is C20H21N3O5. The van der Waals surface area contributed by atoms with Gasteiger partial charge in [0.05, 0.1) is 13.7 Å². The number of rotatable bonds is 9. The van der Waals surface area contributed by atoms with Gasteiger partial charge in [-0.2, -0.15) is 0 Å². The minimum absolute atomic E-state index is 0.0126. The number of ketones is 1. The van der Waals surface area contributed by atoms with Crippen LogP contribution < -0.4 is 20.9 Å². The van der Waals surface area contributed by atoms with E-state index >= 15 is 0 Å². The Balaban J connectivity index is 2.12. The topological polar surface area (TPSA) is 137 Å². The Hall–Kier alpha value is -3.81. The second kappa shape index (κ2) is 9.77. The molecule has 0 heterocycles. The Morgan fingerprint density at radius 1 is 1.14 bits per heavy atom. The summed E-state index contributed by atoms with van der Waals surface area (Å²) < 4.78 is 10.4. The fraction of sp³-hybridized carbons (Fsp3) is 0.150. The van der Waals surface area contributed by atoms with Crippen molar-refractivity contribution in [2.45, 2.75) is 6.54 Å². The van der Waals surface area contributed by atoms with Crippen molar-refractivity contribution in [3.8, 4) is 11.5 Å². The molecule has 8 nitrogen and oxygen atoms in total. The van der Waals surface area contributed by atoms with Gasteiger partial charge in [-0.05, 0) is 35.4 Å². The number of aliphatic carboxylic acids is 1. The van der Waals surface area contributed by atoms with Crippen molar-refractivity contribution in [3.05, 3.63) is 65.2 Å². The third-order valence-electron chi connectivity index (χ3n) is 3.62. The number of hydrogen-bond donors (Lipinski definition) is 3. The zero-order valence-electron chi connectivity index (χ0n) is 15.3. The predicted octanol–water partition coefficient (Wildman–Crippen LogP) is 1.83. The molecule has 0 aliphatic rings. The number of benzene rings is 2. The number of carbonyl (C=O) groups excluding carboxylic acids is 1. The molecule has 28 heavy (non-hydrogen) atoms. The SMILES string of the molecule is COc1cc(/C=C/C(=O)c2cccc(CN=C(N)N)c2)ccc1OCC(=O)O. The van der Waals surface area contributed by atoms with Crippen LogP contribution in [-0.4, -0.2) is 36.5 Å². The van der Waals surface area contributed by atoms with Gasteiger partial charge in [0, 0.05) is 5.56 Å². The molecule has 0 aliphatic carbocycles. The minimum Gasteiger partial charge on any atom is -0.493 e. The maximum absolute atomic E-state index is 12.4. The van der Waals surface area contributed by atoms with Crippen LogP contribution in [-0.2, 0) is 11.3 Å². The highest BCUT2D eigenvalue weighted by Crippen LogP contribution is 2.28. The van der Waals surface area contributed by atoms with Gasteiger partial charge in [0.15, 0.2) is 29.8 Å². The van der Waals surface area contributed by atoms with E-state index in [0.29, 0.717) is 29.2 Å². The number of carboxylic acid groups (broad SMARTS) is 1. The van der Waals surface area contributed by atoms with Crippen LogP contribution in [0.1, 0.15) is 21.5 Å². The van der Waals surface area contributed by atoms with E-state index in [1.807, 2.05) is 6.07 Å². The molecule has 2 aromatic carbocycles. The van der Waals surface area contributed by atoms with E-state index in [1.165, 1.54) is 13.2 Å². The monoisotopic (exact) mass is 383 g/mol. The lowest BCUT2D eigenvalue weighted by atomic mass is 10.1. The summed E-state index contributed by atoms with van der Waals surface area (Å²) in [6.07, 6.45) is 3.07. The smallest absolute Gasteiger partial charge is 0.341 e. The molecule has 0 saturated heterocycles. The second-order valence-corrected chi connectivity index (χ2v) is 5.73. The molecule has 0 spiro atoms. The number of nitrogens with two attached hydrogens (primary N) is 2. The van der Waals surface area contributed by atoms with Crippen molar-refractivity contribution >= 4 is 23.8 Å². The molecular weight excluding hydrogens is 362 g/mol. The van der Waals surface area contributed by atoms with Crippen molar-refractivity contribution in [3.63, 3.8) is 0 Å². The summed E-state index contributed by atoms with van der Waals surface area (Å²) in [5.74, 6) is -0.604. The average Bonchev–Trinajstić information content (AvgIpc) is 2.69. The standard InChI is InChI=1S/C20H21N3O5/c1-27-18-10-13(6-8-17(18)28-12-19(25)26)5-7-16(24)15-4-2-3-14(9-15)11-23-20(21)22/h2-10H,11-12H2,1H3,(H,25,26)(H4,21,22,23)/b7-5+. The van der Waals surface area contributed by atoms with Crippen LogP contribution in [0.2, 0.25) is 0 Å². The molecule has 146 valence electrons. The second-order valence-electron chi connectivity index (χ2n) is 5.73. The lowest BCUT2D eigenvalue weighted by Gasteiger charge is -2.09. The number of hydrogen-bond acceptors (Lipinski definition) is 5. The van der Waals surface area contributed by atoms with E-state index in [9.17, 15) is 9.59 Å². The van der Waals surface area contributed by atoms with Crippen LogP contribution in [0.5, 0.6) is 11.5 Å². The van der Waals surface area contributed by atoms with Gasteiger partial charge in [0.2, 0.25) is 0 Å². The minimum atomic E-state index is -1.08. The van der Waals surface area contributed by atoms with Crippen molar-refractivity contribution in [2.24, 2.45) is 16.5 Å². The van der Waals surface area contributed by atoms with E-state index < -0.39 is 12.6 Å². The molecule has 5 N–H and O–H groups in total. The summed E-state index contributed by atoms with van der Waals surface area (Å²) in [7, 11) is 1.45. The van der Waals surface area contributed by atoms with Crippen LogP contribution in [0, 0.1) is 0 Å². The van der Waals surface area contributed by atoms with E-state index in [0.717, 1.165) is 5.56 Å². The first-order valence-electron chi connectivity index (χ1n) is 8.28. The maximum atomic E-state index is 12.4. The molecule has 8 heteroatoms. The van der Waals surface area contributed by atoms with E-state index in [1.54, 1.807) is 42.5 Å². The first kappa shape index (κ1) is 20.5. The Morgan fingerprint density at radius 3 is 2.61 bits per heavy atom. The molecule has 0 amide bonds. The number of carboxylic acids is 1. The molecule has 0 bridgehead atoms. The highest BCUT2D eigenvalue weighted by molar-refractivity contribution is 6.06. The van der Waals surface area contributed by atoms with Gasteiger partial charge >= 0.3 is 5.97 Å². The van der Waals surface area contributed by atoms with E-state index in [2.05, 4.69) is 4.99 Å². The third-order valence-corrected chi connectivity index (χ3v) is 3.62. The molecule has 0 aliphatic heterocycles. The fourth-order valence-corrected chi connectivity index (χ4v) is 2.32. The summed E-state index contributed by atoms with van der Waals surface area (Å²) in [4.78, 5) is 27.0. The van der Waals surface area contributed by atoms with Crippen LogP contribution in [0.15, 0.2) is 53.5 Å². The number of aliphatic imine (C=N–C) groups is 1. The molecule has 0 aromatic heterocycles. The fourth-order valence-electron chi connectivity index (χ4n) is 2.32. The number of ether oxygens (including phenoxy) is 2. The number of nitrogens with zero attached hydrogens (tertiary/aromatic N) is 1. The molecule has 0 atom stereocenters. The van der Waals surface area contributed by atoms with E-state index in [4.69, 9.17) is 26.0 Å². The Bertz CT molecular complexity index is 918. The molecule has 2 aromatic rings. The molecule has 0 unspecified atom stereocenters. The number of methoxy groups -OCH3 is 1. The number of allylic oxidation sites excluding steroid dienone is 1. The summed E-state index contributed by atoms with van der Waals surface area (Å²) in [5.41, 5.74) is 12.7. The van der Waals surface area contributed by atoms with Crippen LogP contribution in [0.25, 0.3) is 6.08 Å². The molecule has 0 saturated carbocycles. The van der Waals surface area contributed by atoms with Gasteiger partial charge in [0.1, 0.15) is 0 Å². The molecule has 0 radical (unpaired) electrons. The van der Waals surface area contributed by atoms with Crippen molar-refractivity contribution in [2.75, 3.05) is 13.7 Å². The van der Waals surface area contributed by atoms with Gasteiger partial charge in [0.25, 0.3) is 0 Å². The largest absolute Gasteiger partial charge is 0.493 e. The van der Waals surface area contributed by atoms with Gasteiger partial charge in [-0.25, -0.2) is 9.79 Å². The molecule has 0 fully saturated rings. The maximum Gasteiger partial charge on any atom is 0.341 e. The summed E-state index contributed by atoms with van der Waals surface area (Å²) in [5, 5.41) is 8.69. The quantitative estimate of drug-likeness (QED) is 0.260. The zero-order chi connectivity index (χ0) is 20.5. The van der Waals surface area contributed by atoms with Gasteiger partial charge in [-0.15, -0.1) is 0 Å². The Kier molecular flexibility index (Phi) is 7.15. The number of carbonyl (C=O) groups is 2. The van der Waals surface area contributed by atoms with Crippen LogP contribution in [0.4, 0.5) is 0 Å². The average molecular weight is 383 g/mol.